The Labute approximate surface area is 137 Å². The fraction of sp³-hybridized carbons (Fsp3) is 0.647. The lowest BCUT2D eigenvalue weighted by molar-refractivity contribution is 0.00578. The second kappa shape index (κ2) is 5.54. The molecule has 0 aromatic heterocycles. The van der Waals surface area contributed by atoms with E-state index in [1.165, 1.54) is 0 Å². The van der Waals surface area contributed by atoms with Crippen LogP contribution in [-0.4, -0.2) is 42.2 Å². The summed E-state index contributed by atoms with van der Waals surface area (Å²) in [5.41, 5.74) is 1.10. The third kappa shape index (κ3) is 3.30. The molecule has 0 atom stereocenters. The summed E-state index contributed by atoms with van der Waals surface area (Å²) in [5.74, 6) is -2.57. The van der Waals surface area contributed by atoms with Gasteiger partial charge in [-0.3, -0.25) is 4.90 Å². The van der Waals surface area contributed by atoms with Crippen LogP contribution in [0.5, 0.6) is 0 Å². The van der Waals surface area contributed by atoms with E-state index in [-0.39, 0.29) is 13.0 Å². The molecule has 2 aliphatic rings. The molecule has 1 aromatic rings. The van der Waals surface area contributed by atoms with Crippen molar-refractivity contribution in [2.45, 2.75) is 57.8 Å². The summed E-state index contributed by atoms with van der Waals surface area (Å²) in [6, 6.07) is 7.79. The van der Waals surface area contributed by atoms with E-state index < -0.39 is 24.2 Å². The second-order valence-electron chi connectivity index (χ2n) is 7.60. The lowest BCUT2D eigenvalue weighted by Crippen LogP contribution is -2.41. The van der Waals surface area contributed by atoms with E-state index in [0.29, 0.717) is 13.1 Å². The van der Waals surface area contributed by atoms with Gasteiger partial charge in [0.15, 0.2) is 0 Å². The predicted octanol–water partition coefficient (Wildman–Crippen LogP) is 2.83. The predicted molar refractivity (Wildman–Crippen MR) is 87.0 cm³/mol. The highest BCUT2D eigenvalue weighted by Crippen LogP contribution is 2.37. The van der Waals surface area contributed by atoms with Crippen LogP contribution in [-0.2, 0) is 15.9 Å². The first-order chi connectivity index (χ1) is 10.6. The lowest BCUT2D eigenvalue weighted by Gasteiger charge is -2.32. The van der Waals surface area contributed by atoms with Gasteiger partial charge in [-0.05, 0) is 38.7 Å². The number of hydrogen-bond donors (Lipinski definition) is 0. The van der Waals surface area contributed by atoms with Crippen molar-refractivity contribution in [3.8, 4) is 0 Å². The maximum atomic E-state index is 13.4. The van der Waals surface area contributed by atoms with E-state index >= 15 is 0 Å². The van der Waals surface area contributed by atoms with Crippen LogP contribution >= 0.6 is 0 Å². The van der Waals surface area contributed by atoms with Crippen molar-refractivity contribution in [1.82, 2.24) is 4.90 Å². The number of halogens is 2. The van der Waals surface area contributed by atoms with E-state index in [4.69, 9.17) is 9.31 Å². The normalized spacial score (nSPS) is 25.9. The fourth-order valence-corrected chi connectivity index (χ4v) is 3.06. The van der Waals surface area contributed by atoms with Gasteiger partial charge in [-0.15, -0.1) is 0 Å². The SMILES string of the molecule is CC1(C)OB(c2ccccc2CN2CCC(F)(F)C2)OC1(C)C. The number of benzene rings is 1. The first-order valence-corrected chi connectivity index (χ1v) is 8.13. The Hall–Kier alpha value is -0.975. The second-order valence-corrected chi connectivity index (χ2v) is 7.60. The summed E-state index contributed by atoms with van der Waals surface area (Å²) in [5, 5.41) is 0. The Bertz CT molecular complexity index is 576. The minimum Gasteiger partial charge on any atom is -0.399 e. The van der Waals surface area contributed by atoms with Gasteiger partial charge in [-0.2, -0.15) is 0 Å². The van der Waals surface area contributed by atoms with Gasteiger partial charge in [0.1, 0.15) is 0 Å². The molecule has 0 aliphatic carbocycles. The number of nitrogens with zero attached hydrogens (tertiary/aromatic N) is 1. The van der Waals surface area contributed by atoms with Crippen LogP contribution < -0.4 is 5.46 Å². The zero-order valence-corrected chi connectivity index (χ0v) is 14.2. The number of hydrogen-bond acceptors (Lipinski definition) is 3. The smallest absolute Gasteiger partial charge is 0.399 e. The van der Waals surface area contributed by atoms with Crippen molar-refractivity contribution in [2.75, 3.05) is 13.1 Å². The van der Waals surface area contributed by atoms with Crippen molar-refractivity contribution in [1.29, 1.82) is 0 Å². The maximum Gasteiger partial charge on any atom is 0.495 e. The summed E-state index contributed by atoms with van der Waals surface area (Å²) >= 11 is 0. The van der Waals surface area contributed by atoms with Gasteiger partial charge in [-0.25, -0.2) is 8.78 Å². The van der Waals surface area contributed by atoms with Gasteiger partial charge in [0, 0.05) is 19.5 Å². The van der Waals surface area contributed by atoms with E-state index in [2.05, 4.69) is 0 Å². The molecule has 0 spiro atoms. The van der Waals surface area contributed by atoms with E-state index in [9.17, 15) is 8.78 Å². The third-order valence-electron chi connectivity index (χ3n) is 5.20. The van der Waals surface area contributed by atoms with Gasteiger partial charge >= 0.3 is 7.12 Å². The minimum atomic E-state index is -2.57. The first kappa shape index (κ1) is 16.9. The molecule has 1 aromatic carbocycles. The van der Waals surface area contributed by atoms with Crippen LogP contribution in [0, 0.1) is 0 Å². The molecule has 0 N–H and O–H groups in total. The Morgan fingerprint density at radius 3 is 2.26 bits per heavy atom. The molecule has 2 saturated heterocycles. The molecule has 2 heterocycles. The molecule has 0 unspecified atom stereocenters. The highest BCUT2D eigenvalue weighted by atomic mass is 19.3. The minimum absolute atomic E-state index is 0.0638. The summed E-state index contributed by atoms with van der Waals surface area (Å²) in [6.45, 7) is 8.78. The van der Waals surface area contributed by atoms with Crippen LogP contribution in [0.25, 0.3) is 0 Å². The molecule has 2 fully saturated rings. The van der Waals surface area contributed by atoms with E-state index in [1.807, 2.05) is 52.0 Å². The summed E-state index contributed by atoms with van der Waals surface area (Å²) in [6.07, 6.45) is -0.0638. The average molecular weight is 323 g/mol. The molecular formula is C17H24BF2NO2. The van der Waals surface area contributed by atoms with Gasteiger partial charge in [-0.1, -0.05) is 24.3 Å². The van der Waals surface area contributed by atoms with Gasteiger partial charge < -0.3 is 9.31 Å². The molecule has 0 amide bonds. The Kier molecular flexibility index (Phi) is 4.06. The Morgan fingerprint density at radius 1 is 1.09 bits per heavy atom. The molecule has 2 aliphatic heterocycles. The van der Waals surface area contributed by atoms with Gasteiger partial charge in [0.05, 0.1) is 17.7 Å². The van der Waals surface area contributed by atoms with Crippen LogP contribution in [0.15, 0.2) is 24.3 Å². The molecule has 0 bridgehead atoms. The zero-order chi connectivity index (χ0) is 16.9. The van der Waals surface area contributed by atoms with Crippen LogP contribution in [0.1, 0.15) is 39.7 Å². The van der Waals surface area contributed by atoms with Gasteiger partial charge in [0.2, 0.25) is 0 Å². The first-order valence-electron chi connectivity index (χ1n) is 8.13. The van der Waals surface area contributed by atoms with Crippen LogP contribution in [0.4, 0.5) is 8.78 Å². The van der Waals surface area contributed by atoms with Crippen molar-refractivity contribution in [3.63, 3.8) is 0 Å². The highest BCUT2D eigenvalue weighted by molar-refractivity contribution is 6.62. The molecular weight excluding hydrogens is 299 g/mol. The topological polar surface area (TPSA) is 21.7 Å². The third-order valence-corrected chi connectivity index (χ3v) is 5.20. The highest BCUT2D eigenvalue weighted by Gasteiger charge is 2.52. The molecule has 126 valence electrons. The number of rotatable bonds is 3. The largest absolute Gasteiger partial charge is 0.495 e. The molecule has 6 heteroatoms. The summed E-state index contributed by atoms with van der Waals surface area (Å²) in [7, 11) is -0.459. The molecule has 0 saturated carbocycles. The Morgan fingerprint density at radius 2 is 1.70 bits per heavy atom. The van der Waals surface area contributed by atoms with Crippen molar-refractivity contribution in [2.24, 2.45) is 0 Å². The quantitative estimate of drug-likeness (QED) is 0.799. The van der Waals surface area contributed by atoms with Crippen molar-refractivity contribution in [3.05, 3.63) is 29.8 Å². The number of likely N-dealkylation sites (tertiary alicyclic amines) is 1. The summed E-state index contributed by atoms with van der Waals surface area (Å²) < 4.78 is 39.0. The standard InChI is InChI=1S/C17H24BF2NO2/c1-15(2)16(3,4)23-18(22-15)14-8-6-5-7-13(14)11-21-10-9-17(19,20)12-21/h5-8H,9-12H2,1-4H3. The Balaban J connectivity index is 1.80. The van der Waals surface area contributed by atoms with Crippen molar-refractivity contribution < 1.29 is 18.1 Å². The van der Waals surface area contributed by atoms with E-state index in [0.717, 1.165) is 11.0 Å². The van der Waals surface area contributed by atoms with Gasteiger partial charge in [0.25, 0.3) is 5.92 Å². The monoisotopic (exact) mass is 323 g/mol. The van der Waals surface area contributed by atoms with E-state index in [1.54, 1.807) is 4.90 Å². The van der Waals surface area contributed by atoms with Crippen molar-refractivity contribution >= 4 is 12.6 Å². The fourth-order valence-electron chi connectivity index (χ4n) is 3.06. The lowest BCUT2D eigenvalue weighted by atomic mass is 9.76. The summed E-state index contributed by atoms with van der Waals surface area (Å²) in [4.78, 5) is 1.80. The zero-order valence-electron chi connectivity index (χ0n) is 14.2. The molecule has 3 nitrogen and oxygen atoms in total. The molecule has 23 heavy (non-hydrogen) atoms. The molecule has 0 radical (unpaired) electrons. The van der Waals surface area contributed by atoms with Crippen LogP contribution in [0.2, 0.25) is 0 Å². The maximum absolute atomic E-state index is 13.4. The average Bonchev–Trinajstić information content (AvgIpc) is 2.87. The molecule has 3 rings (SSSR count). The van der Waals surface area contributed by atoms with Crippen LogP contribution in [0.3, 0.4) is 0 Å². The number of alkyl halides is 2.